The van der Waals surface area contributed by atoms with Gasteiger partial charge in [0.25, 0.3) is 0 Å². The molecule has 0 radical (unpaired) electrons. The molecule has 1 amide bonds. The minimum absolute atomic E-state index is 0.171. The minimum atomic E-state index is -0.255. The summed E-state index contributed by atoms with van der Waals surface area (Å²) in [5.74, 6) is 0.142. The zero-order valence-corrected chi connectivity index (χ0v) is 17.9. The molecule has 0 unspecified atom stereocenters. The summed E-state index contributed by atoms with van der Waals surface area (Å²) < 4.78 is 19.9. The first kappa shape index (κ1) is 21.2. The summed E-state index contributed by atoms with van der Waals surface area (Å²) in [6.45, 7) is 5.93. The second-order valence-corrected chi connectivity index (χ2v) is 7.42. The van der Waals surface area contributed by atoms with Crippen LogP contribution in [0.25, 0.3) is 33.4 Å². The normalized spacial score (nSPS) is 10.8. The van der Waals surface area contributed by atoms with Crippen molar-refractivity contribution in [1.29, 1.82) is 0 Å². The van der Waals surface area contributed by atoms with Gasteiger partial charge in [-0.15, -0.1) is 0 Å². The highest BCUT2D eigenvalue weighted by molar-refractivity contribution is 6.02. The van der Waals surface area contributed by atoms with Crippen LogP contribution in [0.15, 0.2) is 67.6 Å². The van der Waals surface area contributed by atoms with Crippen molar-refractivity contribution in [1.82, 2.24) is 19.9 Å². The van der Waals surface area contributed by atoms with E-state index in [0.29, 0.717) is 17.9 Å². The number of H-pyrrole nitrogens is 1. The van der Waals surface area contributed by atoms with E-state index in [2.05, 4.69) is 21.5 Å². The molecule has 0 atom stereocenters. The van der Waals surface area contributed by atoms with Crippen molar-refractivity contribution >= 4 is 16.9 Å². The predicted octanol–water partition coefficient (Wildman–Crippen LogP) is 4.76. The van der Waals surface area contributed by atoms with Gasteiger partial charge in [0, 0.05) is 30.6 Å². The predicted molar refractivity (Wildman–Crippen MR) is 123 cm³/mol. The van der Waals surface area contributed by atoms with Crippen LogP contribution in [-0.4, -0.2) is 46.0 Å². The number of halogens is 1. The lowest BCUT2D eigenvalue weighted by molar-refractivity contribution is -0.125. The van der Waals surface area contributed by atoms with Gasteiger partial charge in [0.2, 0.25) is 5.91 Å². The van der Waals surface area contributed by atoms with Gasteiger partial charge in [0.1, 0.15) is 18.2 Å². The van der Waals surface area contributed by atoms with Crippen LogP contribution in [0, 0.1) is 12.7 Å². The van der Waals surface area contributed by atoms with Crippen molar-refractivity contribution in [2.24, 2.45) is 0 Å². The Morgan fingerprint density at radius 3 is 2.91 bits per heavy atom. The zero-order chi connectivity index (χ0) is 22.7. The van der Waals surface area contributed by atoms with E-state index in [0.717, 1.165) is 33.4 Å². The van der Waals surface area contributed by atoms with Gasteiger partial charge >= 0.3 is 0 Å². The number of pyridine rings is 2. The molecule has 0 saturated heterocycles. The standard InChI is InChI=1S/C25H23FN4O2/c1-4-22(31)30(3)12-13-32-21-15-27-11-9-18(21)24-23(17-7-8-19(26)16(2)14-17)25-20(29-24)6-5-10-28-25/h4-11,14-15,29H,1,12-13H2,2-3H3. The third kappa shape index (κ3) is 4.09. The summed E-state index contributed by atoms with van der Waals surface area (Å²) in [7, 11) is 1.69. The lowest BCUT2D eigenvalue weighted by Crippen LogP contribution is -2.29. The first-order valence-electron chi connectivity index (χ1n) is 10.2. The maximum atomic E-state index is 13.9. The fourth-order valence-electron chi connectivity index (χ4n) is 3.56. The molecule has 6 nitrogen and oxygen atoms in total. The maximum Gasteiger partial charge on any atom is 0.245 e. The highest BCUT2D eigenvalue weighted by Gasteiger charge is 2.20. The SMILES string of the molecule is C=CC(=O)N(C)CCOc1cnccc1-c1[nH]c2cccnc2c1-c1ccc(F)c(C)c1. The van der Waals surface area contributed by atoms with E-state index in [1.807, 2.05) is 24.3 Å². The van der Waals surface area contributed by atoms with Gasteiger partial charge in [-0.05, 0) is 54.5 Å². The number of amides is 1. The molecule has 0 fully saturated rings. The number of nitrogens with one attached hydrogen (secondary N) is 1. The number of aromatic amines is 1. The molecule has 7 heteroatoms. The fraction of sp³-hybridized carbons (Fsp3) is 0.160. The summed E-state index contributed by atoms with van der Waals surface area (Å²) in [6, 6.07) is 10.7. The summed E-state index contributed by atoms with van der Waals surface area (Å²) in [4.78, 5) is 25.4. The molecule has 0 spiro atoms. The average molecular weight is 430 g/mol. The Balaban J connectivity index is 1.77. The first-order valence-corrected chi connectivity index (χ1v) is 10.2. The lowest BCUT2D eigenvalue weighted by atomic mass is 9.99. The lowest BCUT2D eigenvalue weighted by Gasteiger charge is -2.17. The molecule has 4 rings (SSSR count). The van der Waals surface area contributed by atoms with E-state index < -0.39 is 0 Å². The van der Waals surface area contributed by atoms with Gasteiger partial charge in [-0.3, -0.25) is 14.8 Å². The fourth-order valence-corrected chi connectivity index (χ4v) is 3.56. The van der Waals surface area contributed by atoms with Gasteiger partial charge in [0.05, 0.1) is 29.5 Å². The van der Waals surface area contributed by atoms with Crippen LogP contribution in [0.3, 0.4) is 0 Å². The number of carbonyl (C=O) groups is 1. The van der Waals surface area contributed by atoms with Crippen molar-refractivity contribution in [3.05, 3.63) is 79.0 Å². The number of fused-ring (bicyclic) bond motifs is 1. The van der Waals surface area contributed by atoms with Crippen molar-refractivity contribution < 1.29 is 13.9 Å². The molecule has 32 heavy (non-hydrogen) atoms. The van der Waals surface area contributed by atoms with Gasteiger partial charge < -0.3 is 14.6 Å². The average Bonchev–Trinajstić information content (AvgIpc) is 3.20. The quantitative estimate of drug-likeness (QED) is 0.429. The Labute approximate surface area is 185 Å². The second kappa shape index (κ2) is 9.01. The Hall–Kier alpha value is -4.00. The van der Waals surface area contributed by atoms with E-state index in [9.17, 15) is 9.18 Å². The van der Waals surface area contributed by atoms with Gasteiger partial charge in [-0.2, -0.15) is 0 Å². The number of aromatic nitrogens is 3. The Morgan fingerprint density at radius 2 is 2.12 bits per heavy atom. The number of hydrogen-bond acceptors (Lipinski definition) is 4. The Kier molecular flexibility index (Phi) is 5.98. The largest absolute Gasteiger partial charge is 0.489 e. The maximum absolute atomic E-state index is 13.9. The zero-order valence-electron chi connectivity index (χ0n) is 17.9. The van der Waals surface area contributed by atoms with Crippen LogP contribution in [0.4, 0.5) is 4.39 Å². The molecular weight excluding hydrogens is 407 g/mol. The van der Waals surface area contributed by atoms with Gasteiger partial charge in [-0.25, -0.2) is 4.39 Å². The molecule has 162 valence electrons. The van der Waals surface area contributed by atoms with Crippen LogP contribution in [-0.2, 0) is 4.79 Å². The molecule has 0 bridgehead atoms. The van der Waals surface area contributed by atoms with E-state index in [4.69, 9.17) is 4.74 Å². The van der Waals surface area contributed by atoms with E-state index >= 15 is 0 Å². The number of benzene rings is 1. The number of likely N-dealkylation sites (N-methyl/N-ethyl adjacent to an activating group) is 1. The van der Waals surface area contributed by atoms with Crippen molar-refractivity contribution in [3.8, 4) is 28.1 Å². The highest BCUT2D eigenvalue weighted by Crippen LogP contribution is 2.40. The summed E-state index contributed by atoms with van der Waals surface area (Å²) in [5, 5.41) is 0. The molecule has 3 heterocycles. The van der Waals surface area contributed by atoms with Crippen molar-refractivity contribution in [2.75, 3.05) is 20.2 Å². The van der Waals surface area contributed by atoms with Crippen molar-refractivity contribution in [2.45, 2.75) is 6.92 Å². The number of hydrogen-bond donors (Lipinski definition) is 1. The monoisotopic (exact) mass is 430 g/mol. The number of aryl methyl sites for hydroxylation is 1. The van der Waals surface area contributed by atoms with Crippen molar-refractivity contribution in [3.63, 3.8) is 0 Å². The Morgan fingerprint density at radius 1 is 1.28 bits per heavy atom. The van der Waals surface area contributed by atoms with Gasteiger partial charge in [-0.1, -0.05) is 12.6 Å². The summed E-state index contributed by atoms with van der Waals surface area (Å²) in [6.07, 6.45) is 6.33. The van der Waals surface area contributed by atoms with E-state index in [1.54, 1.807) is 38.6 Å². The highest BCUT2D eigenvalue weighted by atomic mass is 19.1. The molecule has 0 aliphatic carbocycles. The minimum Gasteiger partial charge on any atom is -0.489 e. The molecule has 0 saturated carbocycles. The third-order valence-corrected chi connectivity index (χ3v) is 5.29. The molecular formula is C25H23FN4O2. The summed E-state index contributed by atoms with van der Waals surface area (Å²) in [5.41, 5.74) is 5.51. The van der Waals surface area contributed by atoms with Crippen LogP contribution in [0.5, 0.6) is 5.75 Å². The molecule has 0 aliphatic heterocycles. The van der Waals surface area contributed by atoms with Crippen LogP contribution in [0.1, 0.15) is 5.56 Å². The number of rotatable bonds is 7. The van der Waals surface area contributed by atoms with Crippen LogP contribution in [0.2, 0.25) is 0 Å². The number of carbonyl (C=O) groups excluding carboxylic acids is 1. The number of nitrogens with zero attached hydrogens (tertiary/aromatic N) is 3. The summed E-state index contributed by atoms with van der Waals surface area (Å²) >= 11 is 0. The molecule has 4 aromatic rings. The molecule has 1 N–H and O–H groups in total. The molecule has 0 aliphatic rings. The number of ether oxygens (including phenoxy) is 1. The van der Waals surface area contributed by atoms with E-state index in [-0.39, 0.29) is 18.3 Å². The second-order valence-electron chi connectivity index (χ2n) is 7.42. The molecule has 1 aromatic carbocycles. The smallest absolute Gasteiger partial charge is 0.245 e. The van der Waals surface area contributed by atoms with Gasteiger partial charge in [0.15, 0.2) is 0 Å². The molecule has 3 aromatic heterocycles. The van der Waals surface area contributed by atoms with Crippen LogP contribution < -0.4 is 4.74 Å². The topological polar surface area (TPSA) is 71.1 Å². The van der Waals surface area contributed by atoms with Crippen LogP contribution >= 0.6 is 0 Å². The van der Waals surface area contributed by atoms with E-state index in [1.165, 1.54) is 17.0 Å². The first-order chi connectivity index (χ1) is 15.5. The third-order valence-electron chi connectivity index (χ3n) is 5.29. The Bertz CT molecular complexity index is 1300.